The van der Waals surface area contributed by atoms with E-state index in [1.54, 1.807) is 24.3 Å². The Morgan fingerprint density at radius 1 is 0.841 bits per heavy atom. The number of hydrogen-bond donors (Lipinski definition) is 5. The Kier molecular flexibility index (Phi) is 8.09. The molecule has 2 amide bonds. The van der Waals surface area contributed by atoms with Crippen LogP contribution >= 0.6 is 0 Å². The Labute approximate surface area is 252 Å². The van der Waals surface area contributed by atoms with E-state index in [2.05, 4.69) is 20.9 Å². The molecule has 0 aliphatic rings. The number of aliphatic carboxylic acids is 1. The molecular formula is C35H30N4O5. The Hall–Kier alpha value is -5.83. The topological polar surface area (TPSA) is 136 Å². The lowest BCUT2D eigenvalue weighted by atomic mass is 10.0. The summed E-state index contributed by atoms with van der Waals surface area (Å²) in [5, 5.41) is 19.8. The van der Waals surface area contributed by atoms with Gasteiger partial charge in [-0.25, -0.2) is 0 Å². The van der Waals surface area contributed by atoms with Crippen LogP contribution in [0.4, 0.5) is 11.4 Å². The zero-order valence-corrected chi connectivity index (χ0v) is 23.7. The van der Waals surface area contributed by atoms with Crippen LogP contribution in [0.5, 0.6) is 0 Å². The van der Waals surface area contributed by atoms with Crippen LogP contribution in [0.15, 0.2) is 114 Å². The summed E-state index contributed by atoms with van der Waals surface area (Å²) in [7, 11) is 0. The largest absolute Gasteiger partial charge is 0.481 e. The number of nitrogens with one attached hydrogen (secondary N) is 4. The summed E-state index contributed by atoms with van der Waals surface area (Å²) in [6, 6.07) is 31.4. The van der Waals surface area contributed by atoms with Gasteiger partial charge in [0.25, 0.3) is 5.91 Å². The second kappa shape index (κ2) is 12.6. The molecule has 0 aliphatic heterocycles. The lowest BCUT2D eigenvalue weighted by molar-refractivity contribution is -0.136. The molecule has 0 saturated heterocycles. The number of carboxylic acids is 1. The van der Waals surface area contributed by atoms with E-state index in [0.29, 0.717) is 23.4 Å². The van der Waals surface area contributed by atoms with Gasteiger partial charge in [0.1, 0.15) is 17.4 Å². The predicted octanol–water partition coefficient (Wildman–Crippen LogP) is 6.45. The van der Waals surface area contributed by atoms with Crippen molar-refractivity contribution < 1.29 is 23.9 Å². The molecule has 2 aromatic heterocycles. The van der Waals surface area contributed by atoms with Gasteiger partial charge in [-0.05, 0) is 72.3 Å². The number of carbonyl (C=O) groups is 3. The van der Waals surface area contributed by atoms with Crippen LogP contribution in [-0.2, 0) is 16.0 Å². The number of furan rings is 1. The molecular weight excluding hydrogens is 556 g/mol. The number of benzene rings is 4. The summed E-state index contributed by atoms with van der Waals surface area (Å²) >= 11 is 0. The highest BCUT2D eigenvalue weighted by molar-refractivity contribution is 5.98. The summed E-state index contributed by atoms with van der Waals surface area (Å²) in [6.07, 6.45) is 2.17. The summed E-state index contributed by atoms with van der Waals surface area (Å²) in [5.41, 5.74) is 5.39. The lowest BCUT2D eigenvalue weighted by Gasteiger charge is -2.20. The van der Waals surface area contributed by atoms with E-state index in [4.69, 9.17) is 9.52 Å². The number of carbonyl (C=O) groups excluding carboxylic acids is 2. The van der Waals surface area contributed by atoms with Crippen molar-refractivity contribution in [2.45, 2.75) is 18.9 Å². The van der Waals surface area contributed by atoms with Gasteiger partial charge in [0.05, 0.1) is 6.42 Å². The SMILES string of the molecule is O=C(O)CCNC(=O)c1ccc(N[C@@H](Cc2c[nH]c3ccccc23)C(=O)Nc2ccc(-c3cc4ccccc4o3)cc2)cc1. The Morgan fingerprint density at radius 3 is 2.34 bits per heavy atom. The molecule has 0 unspecified atom stereocenters. The van der Waals surface area contributed by atoms with Gasteiger partial charge >= 0.3 is 5.97 Å². The first-order valence-corrected chi connectivity index (χ1v) is 14.2. The minimum Gasteiger partial charge on any atom is -0.481 e. The number of para-hydroxylation sites is 2. The summed E-state index contributed by atoms with van der Waals surface area (Å²) in [5.74, 6) is -0.812. The number of carboxylic acid groups (broad SMARTS) is 1. The second-order valence-corrected chi connectivity index (χ2v) is 10.5. The van der Waals surface area contributed by atoms with E-state index in [0.717, 1.165) is 38.8 Å². The van der Waals surface area contributed by atoms with E-state index in [9.17, 15) is 14.4 Å². The number of aromatic nitrogens is 1. The van der Waals surface area contributed by atoms with Crippen molar-refractivity contribution in [3.8, 4) is 11.3 Å². The van der Waals surface area contributed by atoms with Crippen molar-refractivity contribution in [3.63, 3.8) is 0 Å². The van der Waals surface area contributed by atoms with Crippen molar-refractivity contribution in [2.24, 2.45) is 0 Å². The first-order chi connectivity index (χ1) is 21.4. The monoisotopic (exact) mass is 586 g/mol. The highest BCUT2D eigenvalue weighted by Crippen LogP contribution is 2.29. The molecule has 9 nitrogen and oxygen atoms in total. The highest BCUT2D eigenvalue weighted by Gasteiger charge is 2.21. The van der Waals surface area contributed by atoms with Crippen LogP contribution in [-0.4, -0.2) is 40.5 Å². The number of anilines is 2. The molecule has 220 valence electrons. The normalized spacial score (nSPS) is 11.7. The molecule has 2 heterocycles. The molecule has 0 bridgehead atoms. The smallest absolute Gasteiger partial charge is 0.305 e. The number of rotatable bonds is 11. The van der Waals surface area contributed by atoms with Crippen molar-refractivity contribution in [1.29, 1.82) is 0 Å². The summed E-state index contributed by atoms with van der Waals surface area (Å²) in [6.45, 7) is 0.0420. The van der Waals surface area contributed by atoms with Crippen molar-refractivity contribution in [1.82, 2.24) is 10.3 Å². The third kappa shape index (κ3) is 6.47. The Balaban J connectivity index is 1.18. The fourth-order valence-corrected chi connectivity index (χ4v) is 5.11. The molecule has 44 heavy (non-hydrogen) atoms. The van der Waals surface area contributed by atoms with Gasteiger partial charge in [-0.1, -0.05) is 36.4 Å². The molecule has 0 aliphatic carbocycles. The predicted molar refractivity (Wildman–Crippen MR) is 171 cm³/mol. The quantitative estimate of drug-likeness (QED) is 0.118. The third-order valence-electron chi connectivity index (χ3n) is 7.39. The van der Waals surface area contributed by atoms with Gasteiger partial charge in [0, 0.05) is 58.0 Å². The van der Waals surface area contributed by atoms with Gasteiger partial charge < -0.3 is 30.5 Å². The van der Waals surface area contributed by atoms with Gasteiger partial charge in [0.15, 0.2) is 0 Å². The molecule has 5 N–H and O–H groups in total. The summed E-state index contributed by atoms with van der Waals surface area (Å²) in [4.78, 5) is 40.1. The van der Waals surface area contributed by atoms with Gasteiger partial charge in [-0.2, -0.15) is 0 Å². The van der Waals surface area contributed by atoms with Crippen LogP contribution in [0, 0.1) is 0 Å². The van der Waals surface area contributed by atoms with Crippen LogP contribution in [0.1, 0.15) is 22.3 Å². The molecule has 9 heteroatoms. The Bertz CT molecular complexity index is 1910. The zero-order valence-electron chi connectivity index (χ0n) is 23.7. The van der Waals surface area contributed by atoms with E-state index in [1.807, 2.05) is 85.1 Å². The minimum atomic E-state index is -0.980. The molecule has 0 saturated carbocycles. The zero-order chi connectivity index (χ0) is 30.5. The summed E-state index contributed by atoms with van der Waals surface area (Å²) < 4.78 is 5.98. The van der Waals surface area contributed by atoms with E-state index in [1.165, 1.54) is 0 Å². The number of H-pyrrole nitrogens is 1. The molecule has 4 aromatic carbocycles. The molecule has 6 rings (SSSR count). The minimum absolute atomic E-state index is 0.0420. The standard InChI is InChI=1S/C35H30N4O5/c40-33(41)17-18-36-34(42)23-11-15-26(16-12-23)38-30(19-25-21-37-29-7-3-2-6-28(25)29)35(43)39-27-13-9-22(10-14-27)32-20-24-5-1-4-8-31(24)44-32/h1-16,20-21,30,37-38H,17-19H2,(H,36,42)(H,39,43)(H,40,41)/t30-/m0/s1. The van der Waals surface area contributed by atoms with Gasteiger partial charge in [0.2, 0.25) is 5.91 Å². The molecule has 1 atom stereocenters. The fourth-order valence-electron chi connectivity index (χ4n) is 5.11. The second-order valence-electron chi connectivity index (χ2n) is 10.5. The van der Waals surface area contributed by atoms with E-state index < -0.39 is 12.0 Å². The first kappa shape index (κ1) is 28.3. The maximum absolute atomic E-state index is 13.7. The van der Waals surface area contributed by atoms with Crippen LogP contribution < -0.4 is 16.0 Å². The average Bonchev–Trinajstić information content (AvgIpc) is 3.66. The number of hydrogen-bond acceptors (Lipinski definition) is 5. The highest BCUT2D eigenvalue weighted by atomic mass is 16.4. The van der Waals surface area contributed by atoms with Gasteiger partial charge in [-0.3, -0.25) is 14.4 Å². The molecule has 0 radical (unpaired) electrons. The number of aromatic amines is 1. The average molecular weight is 587 g/mol. The maximum Gasteiger partial charge on any atom is 0.305 e. The fraction of sp³-hybridized carbons (Fsp3) is 0.114. The van der Waals surface area contributed by atoms with Crippen LogP contribution in [0.25, 0.3) is 33.2 Å². The van der Waals surface area contributed by atoms with Crippen molar-refractivity contribution in [2.75, 3.05) is 17.2 Å². The number of fused-ring (bicyclic) bond motifs is 2. The molecule has 0 spiro atoms. The van der Waals surface area contributed by atoms with E-state index in [-0.39, 0.29) is 24.8 Å². The third-order valence-corrected chi connectivity index (χ3v) is 7.39. The van der Waals surface area contributed by atoms with Crippen LogP contribution in [0.2, 0.25) is 0 Å². The van der Waals surface area contributed by atoms with Crippen molar-refractivity contribution >= 4 is 51.0 Å². The maximum atomic E-state index is 13.7. The molecule has 6 aromatic rings. The van der Waals surface area contributed by atoms with E-state index >= 15 is 0 Å². The van der Waals surface area contributed by atoms with Gasteiger partial charge in [-0.15, -0.1) is 0 Å². The van der Waals surface area contributed by atoms with Crippen molar-refractivity contribution in [3.05, 3.63) is 120 Å². The number of amides is 2. The lowest BCUT2D eigenvalue weighted by Crippen LogP contribution is -2.36. The van der Waals surface area contributed by atoms with Crippen LogP contribution in [0.3, 0.4) is 0 Å². The molecule has 0 fully saturated rings. The first-order valence-electron chi connectivity index (χ1n) is 14.2. The Morgan fingerprint density at radius 2 is 1.57 bits per heavy atom.